The molecule has 1 aromatic heterocycles. The first-order valence-corrected chi connectivity index (χ1v) is 9.68. The largest absolute Gasteiger partial charge is 0.457 e. The van der Waals surface area contributed by atoms with Crippen LogP contribution in [-0.4, -0.2) is 53.5 Å². The van der Waals surface area contributed by atoms with Crippen molar-refractivity contribution in [2.24, 2.45) is 0 Å². The number of ether oxygens (including phenoxy) is 1. The lowest BCUT2D eigenvalue weighted by molar-refractivity contribution is 0.0827. The van der Waals surface area contributed by atoms with Gasteiger partial charge in [0.1, 0.15) is 23.0 Å². The van der Waals surface area contributed by atoms with Gasteiger partial charge in [-0.25, -0.2) is 4.39 Å². The van der Waals surface area contributed by atoms with Crippen molar-refractivity contribution in [2.75, 3.05) is 20.6 Å². The summed E-state index contributed by atoms with van der Waals surface area (Å²) in [5.41, 5.74) is 1.97. The number of aromatic amines is 1. The molecule has 3 rings (SSSR count). The number of aliphatic hydroxyl groups excluding tert-OH is 1. The van der Waals surface area contributed by atoms with E-state index in [9.17, 15) is 19.1 Å². The minimum Gasteiger partial charge on any atom is -0.457 e. The summed E-state index contributed by atoms with van der Waals surface area (Å²) < 4.78 is 19.0. The molecular weight excluding hydrogens is 401 g/mol. The van der Waals surface area contributed by atoms with Gasteiger partial charge in [-0.2, -0.15) is 0 Å². The summed E-state index contributed by atoms with van der Waals surface area (Å²) in [5.74, 6) is -0.129. The first-order chi connectivity index (χ1) is 14.7. The quantitative estimate of drug-likeness (QED) is 0.541. The number of aliphatic hydroxyl groups is 1. The average Bonchev–Trinajstić information content (AvgIpc) is 3.23. The first kappa shape index (κ1) is 22.0. The second-order valence-electron chi connectivity index (χ2n) is 7.35. The lowest BCUT2D eigenvalue weighted by Crippen LogP contribution is -2.30. The van der Waals surface area contributed by atoms with Crippen LogP contribution in [-0.2, 0) is 0 Å². The predicted molar refractivity (Wildman–Crippen MR) is 115 cm³/mol. The topological polar surface area (TPSA) is 94.7 Å². The van der Waals surface area contributed by atoms with Crippen molar-refractivity contribution in [3.8, 4) is 22.8 Å². The van der Waals surface area contributed by atoms with Crippen LogP contribution < -0.4 is 10.1 Å². The van der Waals surface area contributed by atoms with Crippen LogP contribution >= 0.6 is 0 Å². The zero-order valence-corrected chi connectivity index (χ0v) is 17.5. The number of aromatic nitrogens is 1. The molecule has 0 radical (unpaired) electrons. The highest BCUT2D eigenvalue weighted by molar-refractivity contribution is 5.96. The predicted octanol–water partition coefficient (Wildman–Crippen LogP) is 3.43. The van der Waals surface area contributed by atoms with Crippen LogP contribution in [0.15, 0.2) is 54.6 Å². The highest BCUT2D eigenvalue weighted by Crippen LogP contribution is 2.29. The van der Waals surface area contributed by atoms with Crippen molar-refractivity contribution >= 4 is 11.8 Å². The summed E-state index contributed by atoms with van der Waals surface area (Å²) in [4.78, 5) is 29.3. The standard InChI is InChI=1S/C23H24FN3O4/c1-14(28)13-25-22(29)21-9-8-20(26-21)15-10-16(23(30)27(2)3)12-19(11-15)31-18-6-4-17(24)5-7-18/h4-12,14,26,28H,13H2,1-3H3,(H,25,29)/t14-/m1/s1. The maximum absolute atomic E-state index is 13.2. The van der Waals surface area contributed by atoms with E-state index in [1.54, 1.807) is 51.4 Å². The molecule has 1 atom stereocenters. The number of halogens is 1. The monoisotopic (exact) mass is 425 g/mol. The van der Waals surface area contributed by atoms with E-state index in [1.165, 1.54) is 29.2 Å². The summed E-state index contributed by atoms with van der Waals surface area (Å²) in [6, 6.07) is 13.9. The van der Waals surface area contributed by atoms with Crippen molar-refractivity contribution in [2.45, 2.75) is 13.0 Å². The normalized spacial score (nSPS) is 11.6. The van der Waals surface area contributed by atoms with Crippen LogP contribution in [0.4, 0.5) is 4.39 Å². The minimum absolute atomic E-state index is 0.135. The molecule has 1 heterocycles. The summed E-state index contributed by atoms with van der Waals surface area (Å²) in [6.45, 7) is 1.71. The van der Waals surface area contributed by atoms with Gasteiger partial charge in [-0.3, -0.25) is 9.59 Å². The van der Waals surface area contributed by atoms with Gasteiger partial charge in [0.2, 0.25) is 0 Å². The summed E-state index contributed by atoms with van der Waals surface area (Å²) in [5, 5.41) is 12.0. The Balaban J connectivity index is 1.93. The summed E-state index contributed by atoms with van der Waals surface area (Å²) in [6.07, 6.45) is -0.654. The molecule has 2 aromatic carbocycles. The number of H-pyrrole nitrogens is 1. The maximum atomic E-state index is 13.2. The van der Waals surface area contributed by atoms with Crippen molar-refractivity contribution < 1.29 is 23.8 Å². The molecule has 31 heavy (non-hydrogen) atoms. The van der Waals surface area contributed by atoms with Gasteiger partial charge in [0.15, 0.2) is 0 Å². The van der Waals surface area contributed by atoms with E-state index in [0.29, 0.717) is 34.0 Å². The fraction of sp³-hybridized carbons (Fsp3) is 0.217. The van der Waals surface area contributed by atoms with Crippen molar-refractivity contribution in [3.63, 3.8) is 0 Å². The van der Waals surface area contributed by atoms with E-state index in [1.807, 2.05) is 0 Å². The maximum Gasteiger partial charge on any atom is 0.267 e. The highest BCUT2D eigenvalue weighted by Gasteiger charge is 2.15. The molecule has 7 nitrogen and oxygen atoms in total. The average molecular weight is 425 g/mol. The molecule has 162 valence electrons. The Morgan fingerprint density at radius 2 is 1.81 bits per heavy atom. The van der Waals surface area contributed by atoms with E-state index in [-0.39, 0.29) is 24.2 Å². The van der Waals surface area contributed by atoms with Gasteiger partial charge in [-0.15, -0.1) is 0 Å². The fourth-order valence-corrected chi connectivity index (χ4v) is 2.87. The van der Waals surface area contributed by atoms with E-state index in [4.69, 9.17) is 4.74 Å². The Bertz CT molecular complexity index is 1070. The Morgan fingerprint density at radius 3 is 2.45 bits per heavy atom. The number of rotatable bonds is 7. The number of amides is 2. The van der Waals surface area contributed by atoms with Crippen LogP contribution in [0.1, 0.15) is 27.8 Å². The van der Waals surface area contributed by atoms with E-state index in [0.717, 1.165) is 0 Å². The lowest BCUT2D eigenvalue weighted by Gasteiger charge is -2.14. The molecule has 0 saturated heterocycles. The van der Waals surface area contributed by atoms with E-state index < -0.39 is 6.10 Å². The zero-order valence-electron chi connectivity index (χ0n) is 17.5. The van der Waals surface area contributed by atoms with E-state index in [2.05, 4.69) is 10.3 Å². The molecule has 8 heteroatoms. The molecule has 0 saturated carbocycles. The van der Waals surface area contributed by atoms with Gasteiger partial charge in [0.25, 0.3) is 11.8 Å². The number of nitrogens with one attached hydrogen (secondary N) is 2. The Kier molecular flexibility index (Phi) is 6.71. The van der Waals surface area contributed by atoms with Crippen LogP contribution in [0.5, 0.6) is 11.5 Å². The number of carbonyl (C=O) groups excluding carboxylic acids is 2. The van der Waals surface area contributed by atoms with Gasteiger partial charge in [0.05, 0.1) is 6.10 Å². The molecule has 0 unspecified atom stereocenters. The zero-order chi connectivity index (χ0) is 22.5. The SMILES string of the molecule is C[C@@H](O)CNC(=O)c1ccc(-c2cc(Oc3ccc(F)cc3)cc(C(=O)N(C)C)c2)[nH]1. The minimum atomic E-state index is -0.654. The van der Waals surface area contributed by atoms with Crippen LogP contribution in [0, 0.1) is 5.82 Å². The second kappa shape index (κ2) is 9.44. The van der Waals surface area contributed by atoms with Crippen molar-refractivity contribution in [1.29, 1.82) is 0 Å². The van der Waals surface area contributed by atoms with Crippen molar-refractivity contribution in [1.82, 2.24) is 15.2 Å². The Morgan fingerprint density at radius 1 is 1.10 bits per heavy atom. The van der Waals surface area contributed by atoms with Gasteiger partial charge in [0, 0.05) is 37.5 Å². The molecule has 0 fully saturated rings. The number of carbonyl (C=O) groups is 2. The number of hydrogen-bond acceptors (Lipinski definition) is 4. The Hall–Kier alpha value is -3.65. The van der Waals surface area contributed by atoms with Gasteiger partial charge in [-0.05, 0) is 61.5 Å². The highest BCUT2D eigenvalue weighted by atomic mass is 19.1. The molecular formula is C23H24FN3O4. The van der Waals surface area contributed by atoms with Gasteiger partial charge in [-0.1, -0.05) is 0 Å². The molecule has 0 spiro atoms. The van der Waals surface area contributed by atoms with E-state index >= 15 is 0 Å². The third-order valence-electron chi connectivity index (χ3n) is 4.41. The van der Waals surface area contributed by atoms with Crippen LogP contribution in [0.25, 0.3) is 11.3 Å². The smallest absolute Gasteiger partial charge is 0.267 e. The van der Waals surface area contributed by atoms with Crippen LogP contribution in [0.2, 0.25) is 0 Å². The first-order valence-electron chi connectivity index (χ1n) is 9.68. The fourth-order valence-electron chi connectivity index (χ4n) is 2.87. The molecule has 2 amide bonds. The molecule has 0 aliphatic rings. The lowest BCUT2D eigenvalue weighted by atomic mass is 10.1. The van der Waals surface area contributed by atoms with Gasteiger partial charge >= 0.3 is 0 Å². The molecule has 3 N–H and O–H groups in total. The Labute approximate surface area is 179 Å². The number of nitrogens with zero attached hydrogens (tertiary/aromatic N) is 1. The van der Waals surface area contributed by atoms with Gasteiger partial charge < -0.3 is 25.0 Å². The molecule has 0 bridgehead atoms. The second-order valence-corrected chi connectivity index (χ2v) is 7.35. The third kappa shape index (κ3) is 5.70. The number of benzene rings is 2. The van der Waals surface area contributed by atoms with Crippen molar-refractivity contribution in [3.05, 3.63) is 71.7 Å². The van der Waals surface area contributed by atoms with Crippen LogP contribution in [0.3, 0.4) is 0 Å². The third-order valence-corrected chi connectivity index (χ3v) is 4.41. The number of hydrogen-bond donors (Lipinski definition) is 3. The molecule has 0 aliphatic carbocycles. The summed E-state index contributed by atoms with van der Waals surface area (Å²) >= 11 is 0. The summed E-state index contributed by atoms with van der Waals surface area (Å²) in [7, 11) is 3.30. The molecule has 0 aliphatic heterocycles. The molecule has 3 aromatic rings.